The molecule has 1 aliphatic carbocycles. The molecule has 0 bridgehead atoms. The summed E-state index contributed by atoms with van der Waals surface area (Å²) in [5.41, 5.74) is -0.467. The van der Waals surface area contributed by atoms with Crippen LogP contribution in [0.25, 0.3) is 0 Å². The summed E-state index contributed by atoms with van der Waals surface area (Å²) in [6.07, 6.45) is 2.03. The molecule has 0 spiro atoms. The zero-order chi connectivity index (χ0) is 19.6. The molecule has 0 amide bonds. The molecule has 148 valence electrons. The molecule has 7 nitrogen and oxygen atoms in total. The first-order valence-corrected chi connectivity index (χ1v) is 9.45. The number of nitrogens with zero attached hydrogens (tertiary/aromatic N) is 1. The average Bonchev–Trinajstić information content (AvgIpc) is 3.40. The Labute approximate surface area is 162 Å². The van der Waals surface area contributed by atoms with Gasteiger partial charge in [0.15, 0.2) is 6.61 Å². The van der Waals surface area contributed by atoms with Crippen molar-refractivity contribution in [3.63, 3.8) is 0 Å². The number of ether oxygens (including phenoxy) is 1. The first kappa shape index (κ1) is 19.9. The van der Waals surface area contributed by atoms with E-state index in [-0.39, 0.29) is 6.54 Å². The Morgan fingerprint density at radius 3 is 2.63 bits per heavy atom. The highest BCUT2D eigenvalue weighted by Crippen LogP contribution is 2.45. The fourth-order valence-electron chi connectivity index (χ4n) is 3.83. The molecule has 1 aromatic carbocycles. The highest BCUT2D eigenvalue weighted by molar-refractivity contribution is 6.30. The summed E-state index contributed by atoms with van der Waals surface area (Å²) in [6.45, 7) is 0.701. The van der Waals surface area contributed by atoms with Crippen molar-refractivity contribution in [2.75, 3.05) is 19.7 Å². The van der Waals surface area contributed by atoms with Crippen molar-refractivity contribution in [2.45, 2.75) is 38.3 Å². The maximum absolute atomic E-state index is 12.0. The van der Waals surface area contributed by atoms with Crippen molar-refractivity contribution >= 4 is 23.5 Å². The number of halogens is 1. The minimum Gasteiger partial charge on any atom is -0.482 e. The lowest BCUT2D eigenvalue weighted by Gasteiger charge is -2.43. The summed E-state index contributed by atoms with van der Waals surface area (Å²) in [7, 11) is 0. The Morgan fingerprint density at radius 1 is 1.26 bits per heavy atom. The number of aliphatic carboxylic acids is 2. The molecule has 1 saturated heterocycles. The third-order valence-corrected chi connectivity index (χ3v) is 5.64. The molecule has 2 fully saturated rings. The van der Waals surface area contributed by atoms with E-state index < -0.39 is 30.1 Å². The van der Waals surface area contributed by atoms with Gasteiger partial charge in [-0.15, -0.1) is 0 Å². The molecular weight excluding hydrogens is 374 g/mol. The standard InChI is InChI=1S/C19H24ClNO6/c20-14-3-4-15(27-10-17(23)24)13(7-14)9-21-6-5-16(22)19(11-21,18(25)26)8-12-1-2-12/h3-4,7,12,16,22H,1-2,5-6,8-11H2,(H,23,24)(H,25,26)/t16-,19+/m0/s1. The number of hydrogen-bond donors (Lipinski definition) is 3. The number of rotatable bonds is 8. The summed E-state index contributed by atoms with van der Waals surface area (Å²) in [5.74, 6) is -1.25. The SMILES string of the molecule is O=C(O)COc1ccc(Cl)cc1CN1CC[C@H](O)[C@](CC2CC2)(C(=O)O)C1. The second-order valence-corrected chi connectivity index (χ2v) is 7.99. The van der Waals surface area contributed by atoms with Crippen LogP contribution in [0, 0.1) is 11.3 Å². The van der Waals surface area contributed by atoms with Crippen molar-refractivity contribution in [2.24, 2.45) is 11.3 Å². The van der Waals surface area contributed by atoms with E-state index in [1.807, 2.05) is 4.90 Å². The highest BCUT2D eigenvalue weighted by Gasteiger charge is 2.51. The Morgan fingerprint density at radius 2 is 2.00 bits per heavy atom. The van der Waals surface area contributed by atoms with Crippen molar-refractivity contribution in [3.8, 4) is 5.75 Å². The Kier molecular flexibility index (Phi) is 5.93. The third-order valence-electron chi connectivity index (χ3n) is 5.41. The fraction of sp³-hybridized carbons (Fsp3) is 0.579. The lowest BCUT2D eigenvalue weighted by atomic mass is 9.73. The molecule has 1 heterocycles. The van der Waals surface area contributed by atoms with Gasteiger partial charge in [-0.05, 0) is 37.0 Å². The largest absolute Gasteiger partial charge is 0.482 e. The number of likely N-dealkylation sites (tertiary alicyclic amines) is 1. The van der Waals surface area contributed by atoms with Gasteiger partial charge in [0.25, 0.3) is 0 Å². The zero-order valence-electron chi connectivity index (χ0n) is 14.9. The number of piperidine rings is 1. The van der Waals surface area contributed by atoms with Crippen LogP contribution in [0.1, 0.15) is 31.2 Å². The molecule has 1 aromatic rings. The number of carboxylic acid groups (broad SMARTS) is 2. The zero-order valence-corrected chi connectivity index (χ0v) is 15.7. The molecule has 1 saturated carbocycles. The maximum Gasteiger partial charge on any atom is 0.341 e. The van der Waals surface area contributed by atoms with Gasteiger partial charge in [-0.3, -0.25) is 9.69 Å². The van der Waals surface area contributed by atoms with Crippen LogP contribution in [0.2, 0.25) is 5.02 Å². The van der Waals surface area contributed by atoms with Crippen molar-refractivity contribution in [1.29, 1.82) is 0 Å². The van der Waals surface area contributed by atoms with Crippen LogP contribution in [-0.4, -0.2) is 58.0 Å². The normalized spacial score (nSPS) is 25.9. The molecule has 3 N–H and O–H groups in total. The number of aliphatic hydroxyl groups is 1. The van der Waals surface area contributed by atoms with E-state index in [2.05, 4.69) is 0 Å². The summed E-state index contributed by atoms with van der Waals surface area (Å²) in [5, 5.41) is 29.7. The van der Waals surface area contributed by atoms with E-state index in [0.29, 0.717) is 48.2 Å². The van der Waals surface area contributed by atoms with Gasteiger partial charge in [-0.1, -0.05) is 24.4 Å². The van der Waals surface area contributed by atoms with Crippen LogP contribution in [-0.2, 0) is 16.1 Å². The van der Waals surface area contributed by atoms with E-state index >= 15 is 0 Å². The topological polar surface area (TPSA) is 107 Å². The molecule has 0 aromatic heterocycles. The average molecular weight is 398 g/mol. The molecule has 0 unspecified atom stereocenters. The molecular formula is C19H24ClNO6. The first-order valence-electron chi connectivity index (χ1n) is 9.07. The predicted molar refractivity (Wildman–Crippen MR) is 97.9 cm³/mol. The maximum atomic E-state index is 12.0. The van der Waals surface area contributed by atoms with E-state index in [9.17, 15) is 19.8 Å². The van der Waals surface area contributed by atoms with Gasteiger partial charge >= 0.3 is 11.9 Å². The van der Waals surface area contributed by atoms with E-state index in [0.717, 1.165) is 12.8 Å². The van der Waals surface area contributed by atoms with Gasteiger partial charge in [0.05, 0.1) is 6.10 Å². The quantitative estimate of drug-likeness (QED) is 0.617. The first-order chi connectivity index (χ1) is 12.8. The molecule has 1 aliphatic heterocycles. The van der Waals surface area contributed by atoms with E-state index in [1.165, 1.54) is 0 Å². The summed E-state index contributed by atoms with van der Waals surface area (Å²) < 4.78 is 5.34. The van der Waals surface area contributed by atoms with Gasteiger partial charge < -0.3 is 20.1 Å². The van der Waals surface area contributed by atoms with Crippen molar-refractivity contribution in [3.05, 3.63) is 28.8 Å². The number of carbonyl (C=O) groups is 2. The van der Waals surface area contributed by atoms with Gasteiger partial charge in [0.2, 0.25) is 0 Å². The number of benzene rings is 1. The van der Waals surface area contributed by atoms with E-state index in [1.54, 1.807) is 18.2 Å². The second kappa shape index (κ2) is 8.04. The molecule has 2 atom stereocenters. The molecule has 8 heteroatoms. The van der Waals surface area contributed by atoms with Gasteiger partial charge in [0.1, 0.15) is 11.2 Å². The van der Waals surface area contributed by atoms with Gasteiger partial charge in [-0.2, -0.15) is 0 Å². The Bertz CT molecular complexity index is 722. The number of hydrogen-bond acceptors (Lipinski definition) is 5. The molecule has 27 heavy (non-hydrogen) atoms. The Balaban J connectivity index is 1.78. The van der Waals surface area contributed by atoms with Crippen LogP contribution >= 0.6 is 11.6 Å². The van der Waals surface area contributed by atoms with Crippen LogP contribution in [0.3, 0.4) is 0 Å². The lowest BCUT2D eigenvalue weighted by Crippen LogP contribution is -2.56. The van der Waals surface area contributed by atoms with Gasteiger partial charge in [-0.25, -0.2) is 4.79 Å². The molecule has 0 radical (unpaired) electrons. The lowest BCUT2D eigenvalue weighted by molar-refractivity contribution is -0.165. The van der Waals surface area contributed by atoms with Crippen molar-refractivity contribution < 1.29 is 29.6 Å². The summed E-state index contributed by atoms with van der Waals surface area (Å²) in [4.78, 5) is 24.8. The summed E-state index contributed by atoms with van der Waals surface area (Å²) >= 11 is 6.08. The minimum absolute atomic E-state index is 0.241. The van der Waals surface area contributed by atoms with Crippen LogP contribution < -0.4 is 4.74 Å². The summed E-state index contributed by atoms with van der Waals surface area (Å²) in [6, 6.07) is 4.94. The third kappa shape index (κ3) is 4.72. The van der Waals surface area contributed by atoms with E-state index in [4.69, 9.17) is 21.4 Å². The molecule has 3 rings (SSSR count). The highest BCUT2D eigenvalue weighted by atomic mass is 35.5. The van der Waals surface area contributed by atoms with Crippen LogP contribution in [0.15, 0.2) is 18.2 Å². The second-order valence-electron chi connectivity index (χ2n) is 7.56. The number of aliphatic hydroxyl groups excluding tert-OH is 1. The molecule has 2 aliphatic rings. The minimum atomic E-state index is -1.17. The number of carboxylic acids is 2. The fourth-order valence-corrected chi connectivity index (χ4v) is 4.02. The van der Waals surface area contributed by atoms with Crippen LogP contribution in [0.5, 0.6) is 5.75 Å². The van der Waals surface area contributed by atoms with Gasteiger partial charge in [0, 0.05) is 30.2 Å². The predicted octanol–water partition coefficient (Wildman–Crippen LogP) is 2.24. The monoisotopic (exact) mass is 397 g/mol. The van der Waals surface area contributed by atoms with Crippen molar-refractivity contribution in [1.82, 2.24) is 4.90 Å². The smallest absolute Gasteiger partial charge is 0.341 e. The Hall–Kier alpha value is -1.83. The van der Waals surface area contributed by atoms with Crippen LogP contribution in [0.4, 0.5) is 0 Å².